The molecule has 0 saturated carbocycles. The van der Waals surface area contributed by atoms with Gasteiger partial charge in [-0.25, -0.2) is 4.39 Å². The highest BCUT2D eigenvalue weighted by Gasteiger charge is 2.10. The zero-order valence-corrected chi connectivity index (χ0v) is 12.9. The van der Waals surface area contributed by atoms with Crippen LogP contribution in [-0.4, -0.2) is 26.4 Å². The van der Waals surface area contributed by atoms with E-state index in [-0.39, 0.29) is 11.9 Å². The van der Waals surface area contributed by atoms with E-state index < -0.39 is 0 Å². The van der Waals surface area contributed by atoms with E-state index in [2.05, 4.69) is 19.2 Å². The second-order valence-electron chi connectivity index (χ2n) is 5.49. The van der Waals surface area contributed by atoms with Crippen LogP contribution in [0, 0.1) is 11.7 Å². The molecule has 0 fully saturated rings. The zero-order valence-electron chi connectivity index (χ0n) is 12.9. The first-order valence-corrected chi connectivity index (χ1v) is 7.17. The molecule has 0 amide bonds. The first kappa shape index (κ1) is 16.9. The van der Waals surface area contributed by atoms with E-state index in [0.29, 0.717) is 19.1 Å². The molecular formula is C16H26FNO2. The van der Waals surface area contributed by atoms with Crippen molar-refractivity contribution < 1.29 is 13.9 Å². The van der Waals surface area contributed by atoms with E-state index in [1.54, 1.807) is 13.2 Å². The maximum atomic E-state index is 13.4. The van der Waals surface area contributed by atoms with E-state index in [1.807, 2.05) is 6.92 Å². The molecule has 1 N–H and O–H groups in total. The highest BCUT2D eigenvalue weighted by molar-refractivity contribution is 5.34. The molecule has 1 aromatic rings. The molecule has 1 aromatic carbocycles. The van der Waals surface area contributed by atoms with Gasteiger partial charge in [0.25, 0.3) is 0 Å². The molecule has 0 heterocycles. The van der Waals surface area contributed by atoms with Gasteiger partial charge >= 0.3 is 0 Å². The number of hydrogen-bond acceptors (Lipinski definition) is 3. The first-order valence-electron chi connectivity index (χ1n) is 7.17. The van der Waals surface area contributed by atoms with Crippen LogP contribution in [0.1, 0.15) is 32.8 Å². The van der Waals surface area contributed by atoms with Crippen molar-refractivity contribution in [3.05, 3.63) is 29.6 Å². The Morgan fingerprint density at radius 2 is 2.00 bits per heavy atom. The van der Waals surface area contributed by atoms with Gasteiger partial charge in [-0.05, 0) is 37.6 Å². The van der Waals surface area contributed by atoms with Gasteiger partial charge in [0, 0.05) is 32.2 Å². The summed E-state index contributed by atoms with van der Waals surface area (Å²) < 4.78 is 24.3. The molecule has 0 saturated heterocycles. The molecule has 1 rings (SSSR count). The molecule has 1 atom stereocenters. The van der Waals surface area contributed by atoms with Crippen molar-refractivity contribution in [3.63, 3.8) is 0 Å². The van der Waals surface area contributed by atoms with Crippen molar-refractivity contribution in [2.45, 2.75) is 39.8 Å². The Morgan fingerprint density at radius 1 is 1.25 bits per heavy atom. The molecular weight excluding hydrogens is 257 g/mol. The van der Waals surface area contributed by atoms with E-state index in [0.717, 1.165) is 24.3 Å². The lowest BCUT2D eigenvalue weighted by Crippen LogP contribution is -2.21. The maximum Gasteiger partial charge on any atom is 0.124 e. The third-order valence-corrected chi connectivity index (χ3v) is 2.95. The topological polar surface area (TPSA) is 30.5 Å². The summed E-state index contributed by atoms with van der Waals surface area (Å²) in [5.41, 5.74) is 0.856. The largest absolute Gasteiger partial charge is 0.490 e. The molecule has 0 aliphatic carbocycles. The van der Waals surface area contributed by atoms with Gasteiger partial charge in [-0.15, -0.1) is 0 Å². The highest BCUT2D eigenvalue weighted by Crippen LogP contribution is 2.21. The van der Waals surface area contributed by atoms with Gasteiger partial charge in [0.2, 0.25) is 0 Å². The number of nitrogens with one attached hydrogen (secondary N) is 1. The van der Waals surface area contributed by atoms with Crippen LogP contribution >= 0.6 is 0 Å². The van der Waals surface area contributed by atoms with Gasteiger partial charge in [0.15, 0.2) is 0 Å². The summed E-state index contributed by atoms with van der Waals surface area (Å²) in [6, 6.07) is 4.67. The average molecular weight is 283 g/mol. The third kappa shape index (κ3) is 6.35. The number of halogens is 1. The highest BCUT2D eigenvalue weighted by atomic mass is 19.1. The van der Waals surface area contributed by atoms with Crippen LogP contribution in [0.15, 0.2) is 18.2 Å². The van der Waals surface area contributed by atoms with E-state index in [1.165, 1.54) is 12.1 Å². The SMILES string of the molecule is COCCC(C)Oc1ccc(F)cc1CNCC(C)C. The lowest BCUT2D eigenvalue weighted by Gasteiger charge is -2.18. The molecule has 3 nitrogen and oxygen atoms in total. The summed E-state index contributed by atoms with van der Waals surface area (Å²) in [4.78, 5) is 0. The zero-order chi connectivity index (χ0) is 15.0. The van der Waals surface area contributed by atoms with Crippen molar-refractivity contribution in [1.29, 1.82) is 0 Å². The van der Waals surface area contributed by atoms with Crippen molar-refractivity contribution in [3.8, 4) is 5.75 Å². The van der Waals surface area contributed by atoms with Gasteiger partial charge in [-0.1, -0.05) is 13.8 Å². The maximum absolute atomic E-state index is 13.4. The van der Waals surface area contributed by atoms with Crippen LogP contribution < -0.4 is 10.1 Å². The number of hydrogen-bond donors (Lipinski definition) is 1. The summed E-state index contributed by atoms with van der Waals surface area (Å²) in [5.74, 6) is 1.07. The van der Waals surface area contributed by atoms with Crippen LogP contribution in [-0.2, 0) is 11.3 Å². The summed E-state index contributed by atoms with van der Waals surface area (Å²) in [6.45, 7) is 8.44. The van der Waals surface area contributed by atoms with Crippen molar-refractivity contribution in [2.75, 3.05) is 20.3 Å². The molecule has 0 aliphatic heterocycles. The monoisotopic (exact) mass is 283 g/mol. The van der Waals surface area contributed by atoms with Gasteiger partial charge in [-0.2, -0.15) is 0 Å². The number of rotatable bonds is 9. The number of benzene rings is 1. The number of methoxy groups -OCH3 is 1. The van der Waals surface area contributed by atoms with Crippen LogP contribution in [0.4, 0.5) is 4.39 Å². The molecule has 1 unspecified atom stereocenters. The molecule has 4 heteroatoms. The third-order valence-electron chi connectivity index (χ3n) is 2.95. The van der Waals surface area contributed by atoms with Crippen molar-refractivity contribution in [1.82, 2.24) is 5.32 Å². The van der Waals surface area contributed by atoms with Crippen LogP contribution in [0.2, 0.25) is 0 Å². The second-order valence-corrected chi connectivity index (χ2v) is 5.49. The molecule has 20 heavy (non-hydrogen) atoms. The summed E-state index contributed by atoms with van der Waals surface area (Å²) in [7, 11) is 1.67. The molecule has 0 radical (unpaired) electrons. The van der Waals surface area contributed by atoms with Gasteiger partial charge in [0.05, 0.1) is 6.10 Å². The van der Waals surface area contributed by atoms with E-state index in [9.17, 15) is 4.39 Å². The minimum Gasteiger partial charge on any atom is -0.490 e. The van der Waals surface area contributed by atoms with Crippen molar-refractivity contribution >= 4 is 0 Å². The molecule has 0 aliphatic rings. The number of ether oxygens (including phenoxy) is 2. The van der Waals surface area contributed by atoms with Crippen LogP contribution in [0.5, 0.6) is 5.75 Å². The smallest absolute Gasteiger partial charge is 0.124 e. The fourth-order valence-corrected chi connectivity index (χ4v) is 1.86. The average Bonchev–Trinajstić information content (AvgIpc) is 2.39. The standard InChI is InChI=1S/C16H26FNO2/c1-12(2)10-18-11-14-9-15(17)5-6-16(14)20-13(3)7-8-19-4/h5-6,9,12-13,18H,7-8,10-11H2,1-4H3. The minimum absolute atomic E-state index is 0.0456. The Hall–Kier alpha value is -1.13. The van der Waals surface area contributed by atoms with E-state index >= 15 is 0 Å². The molecule has 0 spiro atoms. The predicted molar refractivity (Wildman–Crippen MR) is 79.5 cm³/mol. The lowest BCUT2D eigenvalue weighted by molar-refractivity contribution is 0.134. The summed E-state index contributed by atoms with van der Waals surface area (Å²) >= 11 is 0. The quantitative estimate of drug-likeness (QED) is 0.753. The Kier molecular flexibility index (Phi) is 7.55. The van der Waals surface area contributed by atoms with Crippen molar-refractivity contribution in [2.24, 2.45) is 5.92 Å². The lowest BCUT2D eigenvalue weighted by atomic mass is 10.1. The molecule has 114 valence electrons. The molecule has 0 bridgehead atoms. The Bertz CT molecular complexity index is 396. The Morgan fingerprint density at radius 3 is 2.65 bits per heavy atom. The predicted octanol–water partition coefficient (Wildman–Crippen LogP) is 3.38. The van der Waals surface area contributed by atoms with Crippen LogP contribution in [0.3, 0.4) is 0 Å². The normalized spacial score (nSPS) is 12.7. The van der Waals surface area contributed by atoms with E-state index in [4.69, 9.17) is 9.47 Å². The first-order chi connectivity index (χ1) is 9.52. The summed E-state index contributed by atoms with van der Waals surface area (Å²) in [6.07, 6.45) is 0.858. The summed E-state index contributed by atoms with van der Waals surface area (Å²) in [5, 5.41) is 3.31. The fraction of sp³-hybridized carbons (Fsp3) is 0.625. The van der Waals surface area contributed by atoms with Gasteiger partial charge < -0.3 is 14.8 Å². The van der Waals surface area contributed by atoms with Gasteiger partial charge in [0.1, 0.15) is 11.6 Å². The fourth-order valence-electron chi connectivity index (χ4n) is 1.86. The van der Waals surface area contributed by atoms with Crippen LogP contribution in [0.25, 0.3) is 0 Å². The Balaban J connectivity index is 2.64. The second kappa shape index (κ2) is 8.93. The van der Waals surface area contributed by atoms with Gasteiger partial charge in [-0.3, -0.25) is 0 Å². The minimum atomic E-state index is -0.233. The Labute approximate surface area is 121 Å². The molecule has 0 aromatic heterocycles.